The van der Waals surface area contributed by atoms with Gasteiger partial charge in [-0.05, 0) is 53.8 Å². The maximum atomic E-state index is 13.2. The van der Waals surface area contributed by atoms with E-state index < -0.39 is 34.3 Å². The summed E-state index contributed by atoms with van der Waals surface area (Å²) in [6, 6.07) is 15.5. The quantitative estimate of drug-likeness (QED) is 0.155. The maximum Gasteiger partial charge on any atom is 0.490 e. The first-order chi connectivity index (χ1) is 23.3. The molecule has 0 aliphatic carbocycles. The molecule has 0 spiro atoms. The normalized spacial score (nSPS) is 12.4. The van der Waals surface area contributed by atoms with Crippen molar-refractivity contribution in [2.24, 2.45) is 0 Å². The lowest BCUT2D eigenvalue weighted by molar-refractivity contribution is -0.193. The molecule has 264 valence electrons. The Morgan fingerprint density at radius 2 is 1.56 bits per heavy atom. The van der Waals surface area contributed by atoms with Crippen molar-refractivity contribution in [3.8, 4) is 6.07 Å². The lowest BCUT2D eigenvalue weighted by atomic mass is 10.0. The third-order valence-electron chi connectivity index (χ3n) is 6.13. The van der Waals surface area contributed by atoms with Crippen molar-refractivity contribution in [3.63, 3.8) is 0 Å². The van der Waals surface area contributed by atoms with Crippen LogP contribution in [-0.4, -0.2) is 57.9 Å². The molecule has 1 aliphatic rings. The number of benzene rings is 2. The van der Waals surface area contributed by atoms with Crippen LogP contribution >= 0.6 is 11.6 Å². The van der Waals surface area contributed by atoms with Crippen LogP contribution in [0.25, 0.3) is 0 Å². The predicted octanol–water partition coefficient (Wildman–Crippen LogP) is 5.92. The standard InChI is InChI=1S/C25H20ClN7O2S.2C2HF3O2/c26-21-15-30-25-31-20-10-17(12-28-14-20)5-7-18-9-16(13-29-24(21)32-25)6-8-22(18)33-36(34,35)23-4-2-1-3-19(23)11-27;2*3-2(4,5)1(6)7/h1-4,6,8-10,12,14-15,33H,5,7,13H2,(H2,29,30,31,32);2*(H,6,7). The number of aryl methyl sites for hydroxylation is 2. The molecule has 50 heavy (non-hydrogen) atoms. The number of nitrogens with one attached hydrogen (secondary N) is 3. The van der Waals surface area contributed by atoms with Gasteiger partial charge in [-0.15, -0.1) is 0 Å². The number of nitriles is 1. The number of fused-ring (bicyclic) bond motifs is 6. The van der Waals surface area contributed by atoms with Crippen LogP contribution in [0.1, 0.15) is 22.3 Å². The fraction of sp³-hybridized carbons (Fsp3) is 0.172. The Morgan fingerprint density at radius 3 is 2.18 bits per heavy atom. The molecule has 13 nitrogen and oxygen atoms in total. The predicted molar refractivity (Wildman–Crippen MR) is 165 cm³/mol. The molecular weight excluding hydrogens is 724 g/mol. The minimum absolute atomic E-state index is 0.0662. The molecule has 0 radical (unpaired) electrons. The Kier molecular flexibility index (Phi) is 12.5. The highest BCUT2D eigenvalue weighted by atomic mass is 35.5. The number of carboxylic acids is 2. The first kappa shape index (κ1) is 38.8. The number of alkyl halides is 6. The summed E-state index contributed by atoms with van der Waals surface area (Å²) in [4.78, 5) is 30.7. The zero-order valence-electron chi connectivity index (χ0n) is 24.8. The maximum absolute atomic E-state index is 13.2. The summed E-state index contributed by atoms with van der Waals surface area (Å²) in [5.74, 6) is -4.66. The average Bonchev–Trinajstić information content (AvgIpc) is 3.04. The second-order valence-corrected chi connectivity index (χ2v) is 11.8. The second-order valence-electron chi connectivity index (χ2n) is 9.76. The molecule has 0 fully saturated rings. The molecule has 21 heteroatoms. The van der Waals surface area contributed by atoms with E-state index >= 15 is 0 Å². The van der Waals surface area contributed by atoms with Gasteiger partial charge in [-0.25, -0.2) is 23.0 Å². The Hall–Kier alpha value is -5.68. The van der Waals surface area contributed by atoms with E-state index in [1.807, 2.05) is 24.3 Å². The SMILES string of the molecule is N#Cc1ccccc1S(=O)(=O)Nc1ccc2cc1CCc1cncc(c1)Nc1ncc(Cl)c(n1)NC2.O=C(O)C(F)(F)F.O=C(O)C(F)(F)F. The van der Waals surface area contributed by atoms with E-state index in [9.17, 15) is 40.0 Å². The number of aromatic nitrogens is 3. The number of carboxylic acid groups (broad SMARTS) is 2. The van der Waals surface area contributed by atoms with Gasteiger partial charge in [0, 0.05) is 12.7 Å². The molecule has 0 atom stereocenters. The Balaban J connectivity index is 0.000000408. The smallest absolute Gasteiger partial charge is 0.475 e. The molecule has 0 unspecified atom stereocenters. The Labute approximate surface area is 283 Å². The topological polar surface area (TPSA) is 207 Å². The lowest BCUT2D eigenvalue weighted by Gasteiger charge is -2.17. The zero-order chi connectivity index (χ0) is 37.3. The van der Waals surface area contributed by atoms with Crippen molar-refractivity contribution >= 4 is 56.7 Å². The van der Waals surface area contributed by atoms with Gasteiger partial charge in [0.25, 0.3) is 10.0 Å². The van der Waals surface area contributed by atoms with Gasteiger partial charge in [0.2, 0.25) is 5.95 Å². The molecule has 4 aromatic rings. The minimum Gasteiger partial charge on any atom is -0.475 e. The molecule has 0 saturated carbocycles. The zero-order valence-corrected chi connectivity index (χ0v) is 26.4. The highest BCUT2D eigenvalue weighted by Gasteiger charge is 2.38. The fourth-order valence-electron chi connectivity index (χ4n) is 3.89. The van der Waals surface area contributed by atoms with Crippen molar-refractivity contribution in [1.29, 1.82) is 5.26 Å². The molecule has 3 heterocycles. The number of aliphatic carboxylic acids is 2. The van der Waals surface area contributed by atoms with Gasteiger partial charge in [0.1, 0.15) is 16.0 Å². The number of hydrogen-bond acceptors (Lipinski definition) is 10. The summed E-state index contributed by atoms with van der Waals surface area (Å²) in [6.07, 6.45) is -4.03. The minimum atomic E-state index is -5.08. The third kappa shape index (κ3) is 11.2. The molecule has 1 aliphatic heterocycles. The molecule has 0 amide bonds. The average molecular weight is 746 g/mol. The highest BCUT2D eigenvalue weighted by molar-refractivity contribution is 7.92. The van der Waals surface area contributed by atoms with Crippen molar-refractivity contribution in [2.75, 3.05) is 15.4 Å². The number of pyridine rings is 1. The van der Waals surface area contributed by atoms with Gasteiger partial charge in [0.05, 0.1) is 29.3 Å². The molecule has 5 N–H and O–H groups in total. The number of nitrogens with zero attached hydrogens (tertiary/aromatic N) is 4. The van der Waals surface area contributed by atoms with E-state index in [-0.39, 0.29) is 10.5 Å². The number of halogens is 7. The number of anilines is 4. The van der Waals surface area contributed by atoms with Gasteiger partial charge >= 0.3 is 24.3 Å². The van der Waals surface area contributed by atoms with E-state index in [1.54, 1.807) is 30.6 Å². The van der Waals surface area contributed by atoms with Crippen LogP contribution in [0.3, 0.4) is 0 Å². The van der Waals surface area contributed by atoms with E-state index in [2.05, 4.69) is 30.3 Å². The largest absolute Gasteiger partial charge is 0.490 e. The van der Waals surface area contributed by atoms with Crippen LogP contribution in [0, 0.1) is 11.3 Å². The number of sulfonamides is 1. The Bertz CT molecular complexity index is 2000. The van der Waals surface area contributed by atoms with Gasteiger partial charge in [-0.3, -0.25) is 9.71 Å². The molecule has 6 bridgehead atoms. The fourth-order valence-corrected chi connectivity index (χ4v) is 5.31. The summed E-state index contributed by atoms with van der Waals surface area (Å²) >= 11 is 6.29. The van der Waals surface area contributed by atoms with Crippen molar-refractivity contribution in [3.05, 3.63) is 94.4 Å². The monoisotopic (exact) mass is 745 g/mol. The lowest BCUT2D eigenvalue weighted by Crippen LogP contribution is -2.21. The number of hydrogen-bond donors (Lipinski definition) is 5. The van der Waals surface area contributed by atoms with Crippen molar-refractivity contribution in [2.45, 2.75) is 36.6 Å². The summed E-state index contributed by atoms with van der Waals surface area (Å²) in [5, 5.41) is 30.4. The molecule has 5 rings (SSSR count). The number of rotatable bonds is 3. The summed E-state index contributed by atoms with van der Waals surface area (Å²) in [5.41, 5.74) is 3.93. The van der Waals surface area contributed by atoms with Crippen LogP contribution in [0.2, 0.25) is 5.02 Å². The third-order valence-corrected chi connectivity index (χ3v) is 7.83. The highest BCUT2D eigenvalue weighted by Crippen LogP contribution is 2.27. The van der Waals surface area contributed by atoms with Crippen LogP contribution in [-0.2, 0) is 39.0 Å². The summed E-state index contributed by atoms with van der Waals surface area (Å²) < 4.78 is 92.5. The molecular formula is C29H22ClF6N7O6S. The van der Waals surface area contributed by atoms with Gasteiger partial charge in [0.15, 0.2) is 5.82 Å². The van der Waals surface area contributed by atoms with E-state index in [1.165, 1.54) is 18.3 Å². The van der Waals surface area contributed by atoms with E-state index in [4.69, 9.17) is 31.4 Å². The Morgan fingerprint density at radius 1 is 0.920 bits per heavy atom. The van der Waals surface area contributed by atoms with Crippen molar-refractivity contribution < 1.29 is 54.6 Å². The summed E-state index contributed by atoms with van der Waals surface area (Å²) in [7, 11) is -3.98. The van der Waals surface area contributed by atoms with E-state index in [0.717, 1.165) is 22.4 Å². The van der Waals surface area contributed by atoms with Crippen LogP contribution < -0.4 is 15.4 Å². The van der Waals surface area contributed by atoms with Crippen LogP contribution in [0.4, 0.5) is 49.5 Å². The van der Waals surface area contributed by atoms with E-state index in [0.29, 0.717) is 41.9 Å². The van der Waals surface area contributed by atoms with Gasteiger partial charge in [-0.2, -0.15) is 36.6 Å². The van der Waals surface area contributed by atoms with Crippen LogP contribution in [0.5, 0.6) is 0 Å². The van der Waals surface area contributed by atoms with Gasteiger partial charge < -0.3 is 20.8 Å². The second kappa shape index (κ2) is 16.1. The van der Waals surface area contributed by atoms with Crippen LogP contribution in [0.15, 0.2) is 72.0 Å². The molecule has 0 saturated heterocycles. The first-order valence-corrected chi connectivity index (χ1v) is 15.4. The number of carbonyl (C=O) groups is 2. The molecule has 2 aromatic carbocycles. The van der Waals surface area contributed by atoms with Crippen molar-refractivity contribution in [1.82, 2.24) is 15.0 Å². The molecule has 2 aromatic heterocycles. The summed E-state index contributed by atoms with van der Waals surface area (Å²) in [6.45, 7) is 0.417. The first-order valence-electron chi connectivity index (χ1n) is 13.5. The van der Waals surface area contributed by atoms with Gasteiger partial charge in [-0.1, -0.05) is 35.9 Å².